The Bertz CT molecular complexity index is 258. The van der Waals surface area contributed by atoms with Gasteiger partial charge in [0.2, 0.25) is 0 Å². The second kappa shape index (κ2) is 24.0. The summed E-state index contributed by atoms with van der Waals surface area (Å²) >= 11 is 0. The van der Waals surface area contributed by atoms with Crippen molar-refractivity contribution in [1.29, 1.82) is 0 Å². The zero-order valence-corrected chi connectivity index (χ0v) is 22.0. The molecule has 0 saturated heterocycles. The van der Waals surface area contributed by atoms with Crippen LogP contribution in [0.5, 0.6) is 0 Å². The molecule has 0 nitrogen and oxygen atoms in total. The summed E-state index contributed by atoms with van der Waals surface area (Å²) in [6.45, 7) is 7.11. The number of hydrogen-bond acceptors (Lipinski definition) is 0. The van der Waals surface area contributed by atoms with Crippen molar-refractivity contribution in [1.82, 2.24) is 0 Å². The lowest BCUT2D eigenvalue weighted by atomic mass is 9.71. The minimum Gasteiger partial charge on any atom is -0.147 e. The van der Waals surface area contributed by atoms with Gasteiger partial charge < -0.3 is 0 Å². The van der Waals surface area contributed by atoms with Crippen LogP contribution in [0.15, 0.2) is 0 Å². The smallest absolute Gasteiger partial charge is 0.0297 e. The first-order valence-corrected chi connectivity index (χ1v) is 13.8. The highest BCUT2D eigenvalue weighted by atomic mass is 35.5. The Morgan fingerprint density at radius 3 is 1.04 bits per heavy atom. The van der Waals surface area contributed by atoms with Crippen LogP contribution < -0.4 is 0 Å². The largest absolute Gasteiger partial charge is 0.147 e. The number of rotatable bonds is 22. The van der Waals surface area contributed by atoms with E-state index >= 15 is 0 Å². The summed E-state index contributed by atoms with van der Waals surface area (Å²) in [7, 11) is 2.85. The van der Waals surface area contributed by atoms with Crippen LogP contribution in [0, 0.1) is 5.41 Å². The number of halogens is 1. The first-order valence-electron chi connectivity index (χ1n) is 12.9. The highest BCUT2D eigenvalue weighted by Crippen LogP contribution is 2.41. The van der Waals surface area contributed by atoms with E-state index in [0.717, 1.165) is 0 Å². The maximum absolute atomic E-state index is 2.85. The SMILES string of the molecule is CCCCC(CCCC)(CCCC)CCCCCCCCCCCCCP.Cl. The summed E-state index contributed by atoms with van der Waals surface area (Å²) in [6.07, 6.45) is 31.9. The van der Waals surface area contributed by atoms with E-state index in [1.54, 1.807) is 0 Å². The third-order valence-corrected chi connectivity index (χ3v) is 7.00. The van der Waals surface area contributed by atoms with E-state index in [1.165, 1.54) is 141 Å². The van der Waals surface area contributed by atoms with Gasteiger partial charge in [0.25, 0.3) is 0 Å². The Morgan fingerprint density at radius 2 is 0.714 bits per heavy atom. The number of unbranched alkanes of at least 4 members (excludes halogenated alkanes) is 13. The molecule has 172 valence electrons. The molecular formula is C26H56ClP. The van der Waals surface area contributed by atoms with E-state index in [9.17, 15) is 0 Å². The highest BCUT2D eigenvalue weighted by molar-refractivity contribution is 7.16. The van der Waals surface area contributed by atoms with Crippen LogP contribution in [0.1, 0.15) is 156 Å². The quantitative estimate of drug-likeness (QED) is 0.117. The molecule has 1 atom stereocenters. The molecule has 0 spiro atoms. The van der Waals surface area contributed by atoms with Gasteiger partial charge >= 0.3 is 0 Å². The molecule has 0 aliphatic carbocycles. The predicted octanol–water partition coefficient (Wildman–Crippen LogP) is 10.5. The maximum atomic E-state index is 2.85. The fraction of sp³-hybridized carbons (Fsp3) is 1.00. The average molecular weight is 435 g/mol. The average Bonchev–Trinajstić information content (AvgIpc) is 2.69. The van der Waals surface area contributed by atoms with Crippen molar-refractivity contribution in [2.45, 2.75) is 156 Å². The molecule has 0 aromatic rings. The van der Waals surface area contributed by atoms with Crippen LogP contribution in [0.3, 0.4) is 0 Å². The minimum atomic E-state index is 0. The van der Waals surface area contributed by atoms with Gasteiger partial charge in [-0.2, -0.15) is 0 Å². The molecule has 0 aliphatic rings. The highest BCUT2D eigenvalue weighted by Gasteiger charge is 2.27. The first kappa shape index (κ1) is 30.9. The molecule has 0 aliphatic heterocycles. The van der Waals surface area contributed by atoms with Crippen LogP contribution in [-0.2, 0) is 0 Å². The maximum Gasteiger partial charge on any atom is -0.0297 e. The van der Waals surface area contributed by atoms with Gasteiger partial charge in [0.1, 0.15) is 0 Å². The Morgan fingerprint density at radius 1 is 0.429 bits per heavy atom. The molecular weight excluding hydrogens is 379 g/mol. The second-order valence-electron chi connectivity index (χ2n) is 9.24. The van der Waals surface area contributed by atoms with E-state index in [-0.39, 0.29) is 12.4 Å². The van der Waals surface area contributed by atoms with Crippen molar-refractivity contribution in [3.05, 3.63) is 0 Å². The van der Waals surface area contributed by atoms with Crippen LogP contribution in [0.4, 0.5) is 0 Å². The van der Waals surface area contributed by atoms with Gasteiger partial charge in [0.05, 0.1) is 0 Å². The molecule has 28 heavy (non-hydrogen) atoms. The molecule has 0 radical (unpaired) electrons. The van der Waals surface area contributed by atoms with Crippen LogP contribution in [0.2, 0.25) is 0 Å². The summed E-state index contributed by atoms with van der Waals surface area (Å²) in [5, 5.41) is 0. The molecule has 0 rings (SSSR count). The van der Waals surface area contributed by atoms with E-state index in [2.05, 4.69) is 30.0 Å². The van der Waals surface area contributed by atoms with Crippen molar-refractivity contribution in [3.63, 3.8) is 0 Å². The Balaban J connectivity index is 0. The summed E-state index contributed by atoms with van der Waals surface area (Å²) in [5.74, 6) is 0. The molecule has 0 aromatic carbocycles. The van der Waals surface area contributed by atoms with E-state index in [0.29, 0.717) is 5.41 Å². The molecule has 0 fully saturated rings. The first-order chi connectivity index (χ1) is 13.2. The summed E-state index contributed by atoms with van der Waals surface area (Å²) in [5.41, 5.74) is 0.693. The topological polar surface area (TPSA) is 0 Å². The third kappa shape index (κ3) is 18.7. The van der Waals surface area contributed by atoms with Crippen LogP contribution >= 0.6 is 21.6 Å². The fourth-order valence-electron chi connectivity index (χ4n) is 4.64. The predicted molar refractivity (Wildman–Crippen MR) is 138 cm³/mol. The zero-order chi connectivity index (χ0) is 20.1. The van der Waals surface area contributed by atoms with Gasteiger partial charge in [0, 0.05) is 0 Å². The molecule has 0 aromatic heterocycles. The van der Waals surface area contributed by atoms with Crippen molar-refractivity contribution >= 4 is 21.6 Å². The third-order valence-electron chi connectivity index (χ3n) is 6.59. The zero-order valence-electron chi connectivity index (χ0n) is 20.0. The van der Waals surface area contributed by atoms with E-state index in [4.69, 9.17) is 0 Å². The molecule has 0 N–H and O–H groups in total. The van der Waals surface area contributed by atoms with Gasteiger partial charge in [-0.25, -0.2) is 0 Å². The van der Waals surface area contributed by atoms with Crippen LogP contribution in [-0.4, -0.2) is 6.16 Å². The van der Waals surface area contributed by atoms with Gasteiger partial charge in [-0.1, -0.05) is 124 Å². The Hall–Kier alpha value is 0.720. The lowest BCUT2D eigenvalue weighted by Crippen LogP contribution is -2.21. The van der Waals surface area contributed by atoms with Gasteiger partial charge in [-0.3, -0.25) is 0 Å². The van der Waals surface area contributed by atoms with Crippen molar-refractivity contribution in [2.75, 3.05) is 6.16 Å². The van der Waals surface area contributed by atoms with E-state index in [1.807, 2.05) is 0 Å². The summed E-state index contributed by atoms with van der Waals surface area (Å²) in [6, 6.07) is 0. The molecule has 0 amide bonds. The lowest BCUT2D eigenvalue weighted by molar-refractivity contribution is 0.175. The van der Waals surface area contributed by atoms with Gasteiger partial charge in [-0.15, -0.1) is 21.6 Å². The van der Waals surface area contributed by atoms with Crippen LogP contribution in [0.25, 0.3) is 0 Å². The Labute approximate surface area is 188 Å². The fourth-order valence-corrected chi connectivity index (χ4v) is 4.93. The van der Waals surface area contributed by atoms with Crippen molar-refractivity contribution in [2.24, 2.45) is 5.41 Å². The molecule has 0 heterocycles. The molecule has 0 bridgehead atoms. The second-order valence-corrected chi connectivity index (χ2v) is 9.82. The Kier molecular flexibility index (Phi) is 26.5. The summed E-state index contributed by atoms with van der Waals surface area (Å²) < 4.78 is 0. The molecule has 1 unspecified atom stereocenters. The normalized spacial score (nSPS) is 11.6. The van der Waals surface area contributed by atoms with Gasteiger partial charge in [0.15, 0.2) is 0 Å². The van der Waals surface area contributed by atoms with Crippen molar-refractivity contribution in [3.8, 4) is 0 Å². The molecule has 0 saturated carbocycles. The van der Waals surface area contributed by atoms with Gasteiger partial charge in [-0.05, 0) is 43.7 Å². The monoisotopic (exact) mass is 434 g/mol. The molecule has 2 heteroatoms. The summed E-state index contributed by atoms with van der Waals surface area (Å²) in [4.78, 5) is 0. The van der Waals surface area contributed by atoms with E-state index < -0.39 is 0 Å². The van der Waals surface area contributed by atoms with Crippen molar-refractivity contribution < 1.29 is 0 Å². The standard InChI is InChI=1S/C26H55P.ClH/c1-4-7-21-26(22-8-5-2,23-9-6-3)24-19-17-15-13-11-10-12-14-16-18-20-25-27;/h4-25,27H2,1-3H3;1H. The lowest BCUT2D eigenvalue weighted by Gasteiger charge is -2.35. The minimum absolute atomic E-state index is 0. The number of hydrogen-bond donors (Lipinski definition) is 0.